The molecule has 0 amide bonds. The monoisotopic (exact) mass is 280 g/mol. The molecular weight excluding hydrogens is 256 g/mol. The summed E-state index contributed by atoms with van der Waals surface area (Å²) in [6.45, 7) is 1.99. The normalized spacial score (nSPS) is 27.6. The van der Waals surface area contributed by atoms with Crippen LogP contribution in [0.3, 0.4) is 0 Å². The Morgan fingerprint density at radius 2 is 1.90 bits per heavy atom. The lowest BCUT2D eigenvalue weighted by atomic mass is 9.75. The fraction of sp³-hybridized carbons (Fsp3) is 0.812. The van der Waals surface area contributed by atoms with Gasteiger partial charge < -0.3 is 4.74 Å². The van der Waals surface area contributed by atoms with E-state index in [4.69, 9.17) is 4.74 Å². The van der Waals surface area contributed by atoms with E-state index >= 15 is 0 Å². The van der Waals surface area contributed by atoms with Gasteiger partial charge in [-0.05, 0) is 32.6 Å². The Morgan fingerprint density at radius 3 is 2.45 bits per heavy atom. The minimum atomic E-state index is -1.16. The van der Waals surface area contributed by atoms with E-state index in [-0.39, 0.29) is 30.5 Å². The van der Waals surface area contributed by atoms with Crippen molar-refractivity contribution in [2.45, 2.75) is 64.7 Å². The van der Waals surface area contributed by atoms with Crippen LogP contribution >= 0.6 is 0 Å². The third-order valence-corrected chi connectivity index (χ3v) is 4.74. The van der Waals surface area contributed by atoms with Crippen LogP contribution in [0.5, 0.6) is 0 Å². The standard InChI is InChI=1S/C16H24O4/c1-2-20-15(19)16(10-6-9-14(16)18)11-13(17)12-7-4-3-5-8-12/h12H,2-11H2,1H3/t16-/m1/s1. The Morgan fingerprint density at radius 1 is 1.20 bits per heavy atom. The lowest BCUT2D eigenvalue weighted by molar-refractivity contribution is -0.161. The highest BCUT2D eigenvalue weighted by molar-refractivity contribution is 6.08. The van der Waals surface area contributed by atoms with Crippen LogP contribution in [0, 0.1) is 11.3 Å². The summed E-state index contributed by atoms with van der Waals surface area (Å²) in [6.07, 6.45) is 6.79. The second kappa shape index (κ2) is 6.51. The highest BCUT2D eigenvalue weighted by atomic mass is 16.5. The van der Waals surface area contributed by atoms with E-state index in [1.807, 2.05) is 0 Å². The molecule has 0 bridgehead atoms. The highest BCUT2D eigenvalue weighted by Gasteiger charge is 2.51. The average Bonchev–Trinajstić information content (AvgIpc) is 2.82. The maximum Gasteiger partial charge on any atom is 0.320 e. The molecule has 112 valence electrons. The van der Waals surface area contributed by atoms with E-state index in [1.165, 1.54) is 6.42 Å². The maximum absolute atomic E-state index is 12.5. The van der Waals surface area contributed by atoms with Crippen LogP contribution in [0.1, 0.15) is 64.7 Å². The van der Waals surface area contributed by atoms with Crippen LogP contribution in [-0.2, 0) is 19.1 Å². The van der Waals surface area contributed by atoms with Crippen molar-refractivity contribution >= 4 is 17.5 Å². The molecule has 4 heteroatoms. The molecule has 2 aliphatic carbocycles. The number of Topliss-reactive ketones (excluding diaryl/α,β-unsaturated/α-hetero) is 2. The van der Waals surface area contributed by atoms with Crippen LogP contribution in [-0.4, -0.2) is 24.1 Å². The Bertz CT molecular complexity index is 395. The van der Waals surface area contributed by atoms with Gasteiger partial charge in [-0.15, -0.1) is 0 Å². The quantitative estimate of drug-likeness (QED) is 0.574. The fourth-order valence-electron chi connectivity index (χ4n) is 3.54. The fourth-order valence-corrected chi connectivity index (χ4v) is 3.54. The van der Waals surface area contributed by atoms with Crippen molar-refractivity contribution in [3.8, 4) is 0 Å². The molecule has 0 aromatic rings. The Balaban J connectivity index is 2.09. The van der Waals surface area contributed by atoms with E-state index in [9.17, 15) is 14.4 Å². The van der Waals surface area contributed by atoms with Gasteiger partial charge in [0.05, 0.1) is 6.61 Å². The topological polar surface area (TPSA) is 60.4 Å². The van der Waals surface area contributed by atoms with Crippen molar-refractivity contribution in [1.82, 2.24) is 0 Å². The first kappa shape index (κ1) is 15.2. The minimum absolute atomic E-state index is 0.0449. The molecule has 2 fully saturated rings. The molecule has 20 heavy (non-hydrogen) atoms. The van der Waals surface area contributed by atoms with Crippen molar-refractivity contribution in [3.63, 3.8) is 0 Å². The van der Waals surface area contributed by atoms with Crippen molar-refractivity contribution in [2.75, 3.05) is 6.61 Å². The molecule has 0 heterocycles. The number of carbonyl (C=O) groups is 3. The van der Waals surface area contributed by atoms with E-state index in [0.717, 1.165) is 25.7 Å². The molecule has 4 nitrogen and oxygen atoms in total. The zero-order chi connectivity index (χ0) is 14.6. The lowest BCUT2D eigenvalue weighted by Gasteiger charge is -2.27. The largest absolute Gasteiger partial charge is 0.465 e. The Kier molecular flexibility index (Phi) is 4.95. The van der Waals surface area contributed by atoms with Gasteiger partial charge in [0.1, 0.15) is 11.2 Å². The van der Waals surface area contributed by atoms with Gasteiger partial charge in [-0.1, -0.05) is 19.3 Å². The van der Waals surface area contributed by atoms with Gasteiger partial charge in [0.2, 0.25) is 0 Å². The van der Waals surface area contributed by atoms with E-state index in [2.05, 4.69) is 0 Å². The SMILES string of the molecule is CCOC(=O)[C@@]1(CC(=O)C2CCCCC2)CCCC1=O. The lowest BCUT2D eigenvalue weighted by Crippen LogP contribution is -2.40. The number of esters is 1. The number of hydrogen-bond acceptors (Lipinski definition) is 4. The molecule has 0 unspecified atom stereocenters. The zero-order valence-electron chi connectivity index (χ0n) is 12.3. The molecule has 1 atom stereocenters. The molecule has 2 rings (SSSR count). The molecule has 0 aromatic carbocycles. The molecule has 2 saturated carbocycles. The van der Waals surface area contributed by atoms with Crippen LogP contribution in [0.25, 0.3) is 0 Å². The molecule has 0 saturated heterocycles. The summed E-state index contributed by atoms with van der Waals surface area (Å²) in [4.78, 5) is 36.8. The van der Waals surface area contributed by atoms with E-state index in [0.29, 0.717) is 19.3 Å². The van der Waals surface area contributed by atoms with E-state index < -0.39 is 11.4 Å². The Labute approximate surface area is 120 Å². The number of hydrogen-bond donors (Lipinski definition) is 0. The zero-order valence-corrected chi connectivity index (χ0v) is 12.3. The molecule has 0 spiro atoms. The first-order valence-electron chi connectivity index (χ1n) is 7.83. The van der Waals surface area contributed by atoms with Gasteiger partial charge in [-0.25, -0.2) is 0 Å². The van der Waals surface area contributed by atoms with Crippen LogP contribution in [0.4, 0.5) is 0 Å². The van der Waals surface area contributed by atoms with E-state index in [1.54, 1.807) is 6.92 Å². The van der Waals surface area contributed by atoms with Gasteiger partial charge in [0.15, 0.2) is 5.78 Å². The average molecular weight is 280 g/mol. The number of ketones is 2. The number of carbonyl (C=O) groups excluding carboxylic acids is 3. The molecular formula is C16H24O4. The van der Waals surface area contributed by atoms with Gasteiger partial charge in [-0.2, -0.15) is 0 Å². The minimum Gasteiger partial charge on any atom is -0.465 e. The summed E-state index contributed by atoms with van der Waals surface area (Å²) in [7, 11) is 0. The molecule has 0 N–H and O–H groups in total. The predicted octanol–water partition coefficient (Wildman–Crippen LogP) is 2.83. The van der Waals surface area contributed by atoms with Gasteiger partial charge in [-0.3, -0.25) is 14.4 Å². The van der Waals surface area contributed by atoms with Crippen LogP contribution in [0.15, 0.2) is 0 Å². The van der Waals surface area contributed by atoms with Gasteiger partial charge in [0.25, 0.3) is 0 Å². The number of ether oxygens (including phenoxy) is 1. The summed E-state index contributed by atoms with van der Waals surface area (Å²) < 4.78 is 5.08. The molecule has 0 radical (unpaired) electrons. The second-order valence-electron chi connectivity index (χ2n) is 6.06. The molecule has 0 aromatic heterocycles. The van der Waals surface area contributed by atoms with Crippen molar-refractivity contribution < 1.29 is 19.1 Å². The predicted molar refractivity (Wildman–Crippen MR) is 74.1 cm³/mol. The van der Waals surface area contributed by atoms with Gasteiger partial charge >= 0.3 is 5.97 Å². The summed E-state index contributed by atoms with van der Waals surface area (Å²) >= 11 is 0. The van der Waals surface area contributed by atoms with Crippen LogP contribution in [0.2, 0.25) is 0 Å². The third kappa shape index (κ3) is 2.94. The summed E-state index contributed by atoms with van der Waals surface area (Å²) in [5, 5.41) is 0. The molecule has 2 aliphatic rings. The first-order valence-corrected chi connectivity index (χ1v) is 7.83. The second-order valence-corrected chi connectivity index (χ2v) is 6.06. The summed E-state index contributed by atoms with van der Waals surface area (Å²) in [6, 6.07) is 0. The van der Waals surface area contributed by atoms with Crippen molar-refractivity contribution in [2.24, 2.45) is 11.3 Å². The third-order valence-electron chi connectivity index (χ3n) is 4.74. The highest BCUT2D eigenvalue weighted by Crippen LogP contribution is 2.41. The van der Waals surface area contributed by atoms with Crippen molar-refractivity contribution in [3.05, 3.63) is 0 Å². The first-order chi connectivity index (χ1) is 9.60. The number of rotatable bonds is 5. The summed E-state index contributed by atoms with van der Waals surface area (Å²) in [5.74, 6) is -0.441. The molecule has 0 aliphatic heterocycles. The van der Waals surface area contributed by atoms with Gasteiger partial charge in [0, 0.05) is 18.8 Å². The smallest absolute Gasteiger partial charge is 0.320 e. The Hall–Kier alpha value is -1.19. The van der Waals surface area contributed by atoms with Crippen molar-refractivity contribution in [1.29, 1.82) is 0 Å². The van der Waals surface area contributed by atoms with Crippen LogP contribution < -0.4 is 0 Å². The maximum atomic E-state index is 12.5. The summed E-state index contributed by atoms with van der Waals surface area (Å²) in [5.41, 5.74) is -1.16.